The van der Waals surface area contributed by atoms with Crippen LogP contribution in [0.25, 0.3) is 11.6 Å². The molecule has 0 aliphatic carbocycles. The highest BCUT2D eigenvalue weighted by Gasteiger charge is 2.10. The van der Waals surface area contributed by atoms with Crippen LogP contribution in [-0.4, -0.2) is 17.7 Å². The lowest BCUT2D eigenvalue weighted by atomic mass is 10.0. The van der Waals surface area contributed by atoms with Crippen molar-refractivity contribution in [2.45, 2.75) is 13.3 Å². The van der Waals surface area contributed by atoms with Gasteiger partial charge in [-0.2, -0.15) is 0 Å². The minimum atomic E-state index is -1.06. The Morgan fingerprint density at radius 2 is 1.95 bits per heavy atom. The first kappa shape index (κ1) is 15.8. The quantitative estimate of drug-likeness (QED) is 0.641. The van der Waals surface area contributed by atoms with Gasteiger partial charge in [0.05, 0.1) is 12.2 Å². The van der Waals surface area contributed by atoms with Gasteiger partial charge >= 0.3 is 5.97 Å². The Kier molecular flexibility index (Phi) is 5.31. The first-order valence-electron chi connectivity index (χ1n) is 7.04. The van der Waals surface area contributed by atoms with Crippen molar-refractivity contribution in [3.8, 4) is 5.75 Å². The summed E-state index contributed by atoms with van der Waals surface area (Å²) in [4.78, 5) is 11.5. The van der Waals surface area contributed by atoms with E-state index in [1.54, 1.807) is 24.3 Å². The normalized spacial score (nSPS) is 11.3. The van der Waals surface area contributed by atoms with Crippen LogP contribution >= 0.6 is 0 Å². The third kappa shape index (κ3) is 4.19. The Hall–Kier alpha value is -2.62. The maximum absolute atomic E-state index is 13.0. The van der Waals surface area contributed by atoms with Gasteiger partial charge in [-0.3, -0.25) is 0 Å². The zero-order chi connectivity index (χ0) is 15.9. The Morgan fingerprint density at radius 1 is 1.23 bits per heavy atom. The zero-order valence-corrected chi connectivity index (χ0v) is 12.3. The van der Waals surface area contributed by atoms with Crippen molar-refractivity contribution in [2.24, 2.45) is 0 Å². The molecule has 114 valence electrons. The average Bonchev–Trinajstić information content (AvgIpc) is 2.52. The van der Waals surface area contributed by atoms with Crippen LogP contribution in [0.3, 0.4) is 0 Å². The molecule has 1 N–H and O–H groups in total. The van der Waals surface area contributed by atoms with Crippen LogP contribution in [0, 0.1) is 5.82 Å². The molecule has 0 saturated heterocycles. The van der Waals surface area contributed by atoms with Crippen LogP contribution in [0.15, 0.2) is 48.5 Å². The number of carboxylic acids is 1. The predicted molar refractivity (Wildman–Crippen MR) is 84.1 cm³/mol. The molecule has 0 amide bonds. The molecule has 0 unspecified atom stereocenters. The van der Waals surface area contributed by atoms with E-state index in [1.165, 1.54) is 24.3 Å². The predicted octanol–water partition coefficient (Wildman–Crippen LogP) is 4.24. The molecule has 2 aromatic rings. The van der Waals surface area contributed by atoms with E-state index in [0.717, 1.165) is 12.0 Å². The van der Waals surface area contributed by atoms with Gasteiger partial charge in [0, 0.05) is 0 Å². The third-order valence-electron chi connectivity index (χ3n) is 3.03. The van der Waals surface area contributed by atoms with Gasteiger partial charge in [0.25, 0.3) is 0 Å². The Balaban J connectivity index is 2.34. The maximum atomic E-state index is 13.0. The summed E-state index contributed by atoms with van der Waals surface area (Å²) in [5, 5.41) is 9.37. The summed E-state index contributed by atoms with van der Waals surface area (Å²) in [7, 11) is 0. The lowest BCUT2D eigenvalue weighted by Gasteiger charge is -2.06. The van der Waals surface area contributed by atoms with Crippen molar-refractivity contribution in [2.75, 3.05) is 6.61 Å². The van der Waals surface area contributed by atoms with Gasteiger partial charge in [0.1, 0.15) is 11.6 Å². The van der Waals surface area contributed by atoms with E-state index in [2.05, 4.69) is 0 Å². The molecule has 0 aliphatic heterocycles. The number of hydrogen-bond donors (Lipinski definition) is 1. The molecule has 0 bridgehead atoms. The first-order chi connectivity index (χ1) is 10.6. The number of ether oxygens (including phenoxy) is 1. The summed E-state index contributed by atoms with van der Waals surface area (Å²) in [5.41, 5.74) is 1.27. The van der Waals surface area contributed by atoms with Crippen molar-refractivity contribution in [1.82, 2.24) is 0 Å². The van der Waals surface area contributed by atoms with E-state index in [4.69, 9.17) is 4.74 Å². The number of benzene rings is 2. The van der Waals surface area contributed by atoms with Gasteiger partial charge in [-0.1, -0.05) is 31.2 Å². The van der Waals surface area contributed by atoms with Crippen molar-refractivity contribution >= 4 is 17.6 Å². The van der Waals surface area contributed by atoms with E-state index < -0.39 is 11.8 Å². The molecule has 22 heavy (non-hydrogen) atoms. The Bertz CT molecular complexity index is 675. The summed E-state index contributed by atoms with van der Waals surface area (Å²) in [6, 6.07) is 12.6. The zero-order valence-electron chi connectivity index (χ0n) is 12.3. The van der Waals surface area contributed by atoms with Crippen LogP contribution in [0.1, 0.15) is 24.5 Å². The third-order valence-corrected chi connectivity index (χ3v) is 3.03. The topological polar surface area (TPSA) is 46.5 Å². The Morgan fingerprint density at radius 3 is 2.59 bits per heavy atom. The van der Waals surface area contributed by atoms with Crippen LogP contribution in [0.5, 0.6) is 5.75 Å². The van der Waals surface area contributed by atoms with E-state index >= 15 is 0 Å². The molecule has 0 fully saturated rings. The summed E-state index contributed by atoms with van der Waals surface area (Å²) in [5.74, 6) is -0.769. The number of rotatable bonds is 6. The maximum Gasteiger partial charge on any atom is 0.336 e. The largest absolute Gasteiger partial charge is 0.494 e. The van der Waals surface area contributed by atoms with Crippen molar-refractivity contribution in [1.29, 1.82) is 0 Å². The molecule has 0 aromatic heterocycles. The van der Waals surface area contributed by atoms with Gasteiger partial charge in [0.15, 0.2) is 0 Å². The highest BCUT2D eigenvalue weighted by Crippen LogP contribution is 2.21. The molecule has 0 aliphatic rings. The van der Waals surface area contributed by atoms with E-state index in [1.807, 2.05) is 13.0 Å². The summed E-state index contributed by atoms with van der Waals surface area (Å²) in [6.07, 6.45) is 2.45. The van der Waals surface area contributed by atoms with Crippen LogP contribution < -0.4 is 4.74 Å². The number of halogens is 1. The van der Waals surface area contributed by atoms with Crippen molar-refractivity contribution < 1.29 is 19.0 Å². The molecular formula is C18H17FO3. The molecule has 0 radical (unpaired) electrons. The standard InChI is InChI=1S/C18H17FO3/c1-2-10-22-16-5-3-4-13(11-16)12-17(18(20)21)14-6-8-15(19)9-7-14/h3-9,11-12H,2,10H2,1H3,(H,20,21)/b17-12-. The molecule has 0 atom stereocenters. The number of carbonyl (C=O) groups is 1. The SMILES string of the molecule is CCCOc1cccc(/C=C(\C(=O)O)c2ccc(F)cc2)c1. The summed E-state index contributed by atoms with van der Waals surface area (Å²) >= 11 is 0. The highest BCUT2D eigenvalue weighted by atomic mass is 19.1. The van der Waals surface area contributed by atoms with E-state index in [9.17, 15) is 14.3 Å². The van der Waals surface area contributed by atoms with Crippen LogP contribution in [0.2, 0.25) is 0 Å². The van der Waals surface area contributed by atoms with Gasteiger partial charge in [0.2, 0.25) is 0 Å². The molecular weight excluding hydrogens is 283 g/mol. The smallest absolute Gasteiger partial charge is 0.336 e. The van der Waals surface area contributed by atoms with Crippen molar-refractivity contribution in [3.05, 3.63) is 65.5 Å². The number of hydrogen-bond acceptors (Lipinski definition) is 2. The lowest BCUT2D eigenvalue weighted by molar-refractivity contribution is -0.130. The van der Waals surface area contributed by atoms with Gasteiger partial charge in [-0.05, 0) is 47.9 Å². The molecule has 4 heteroatoms. The van der Waals surface area contributed by atoms with E-state index in [-0.39, 0.29) is 5.57 Å². The van der Waals surface area contributed by atoms with E-state index in [0.29, 0.717) is 17.9 Å². The fourth-order valence-electron chi connectivity index (χ4n) is 1.98. The Labute approximate surface area is 128 Å². The monoisotopic (exact) mass is 300 g/mol. The summed E-state index contributed by atoms with van der Waals surface area (Å²) in [6.45, 7) is 2.62. The minimum Gasteiger partial charge on any atom is -0.494 e. The van der Waals surface area contributed by atoms with Gasteiger partial charge < -0.3 is 9.84 Å². The number of carboxylic acid groups (broad SMARTS) is 1. The van der Waals surface area contributed by atoms with Crippen molar-refractivity contribution in [3.63, 3.8) is 0 Å². The second kappa shape index (κ2) is 7.41. The van der Waals surface area contributed by atoms with Gasteiger partial charge in [-0.15, -0.1) is 0 Å². The average molecular weight is 300 g/mol. The van der Waals surface area contributed by atoms with Gasteiger partial charge in [-0.25, -0.2) is 9.18 Å². The minimum absolute atomic E-state index is 0.104. The second-order valence-electron chi connectivity index (χ2n) is 4.79. The van der Waals surface area contributed by atoms with Crippen LogP contribution in [-0.2, 0) is 4.79 Å². The number of aliphatic carboxylic acids is 1. The first-order valence-corrected chi connectivity index (χ1v) is 7.04. The molecule has 2 rings (SSSR count). The molecule has 2 aromatic carbocycles. The van der Waals surface area contributed by atoms with Crippen LogP contribution in [0.4, 0.5) is 4.39 Å². The fraction of sp³-hybridized carbons (Fsp3) is 0.167. The fourth-order valence-corrected chi connectivity index (χ4v) is 1.98. The molecule has 3 nitrogen and oxygen atoms in total. The molecule has 0 spiro atoms. The molecule has 0 heterocycles. The summed E-state index contributed by atoms with van der Waals surface area (Å²) < 4.78 is 18.5. The lowest BCUT2D eigenvalue weighted by Crippen LogP contribution is -2.00. The molecule has 0 saturated carbocycles. The highest BCUT2D eigenvalue weighted by molar-refractivity contribution is 6.20. The second-order valence-corrected chi connectivity index (χ2v) is 4.79.